The van der Waals surface area contributed by atoms with Crippen molar-refractivity contribution in [3.05, 3.63) is 0 Å². The monoisotopic (exact) mass is 437 g/mol. The Morgan fingerprint density at radius 3 is 1.00 bits per heavy atom. The molecule has 1 nitrogen and oxygen atoms in total. The molecular weight excluding hydrogens is 374 g/mol. The van der Waals surface area contributed by atoms with E-state index in [1.54, 1.807) is 0 Å². The summed E-state index contributed by atoms with van der Waals surface area (Å²) in [6.45, 7) is 13.4. The molecule has 188 valence electrons. The molecule has 1 heteroatoms. The summed E-state index contributed by atoms with van der Waals surface area (Å²) in [4.78, 5) is 2.79. The Morgan fingerprint density at radius 1 is 0.387 bits per heavy atom. The van der Waals surface area contributed by atoms with E-state index in [-0.39, 0.29) is 0 Å². The molecule has 0 aliphatic heterocycles. The fourth-order valence-corrected chi connectivity index (χ4v) is 4.69. The maximum absolute atomic E-state index is 2.79. The molecule has 0 atom stereocenters. The Hall–Kier alpha value is -0.0400. The van der Waals surface area contributed by atoms with E-state index in [4.69, 9.17) is 0 Å². The van der Waals surface area contributed by atoms with Gasteiger partial charge in [0.25, 0.3) is 0 Å². The van der Waals surface area contributed by atoms with Crippen LogP contribution in [0, 0.1) is 5.92 Å². The van der Waals surface area contributed by atoms with Crippen molar-refractivity contribution < 1.29 is 0 Å². The van der Waals surface area contributed by atoms with Gasteiger partial charge in [-0.05, 0) is 44.8 Å². The molecule has 0 N–H and O–H groups in total. The van der Waals surface area contributed by atoms with E-state index in [2.05, 4.69) is 32.6 Å². The van der Waals surface area contributed by atoms with Gasteiger partial charge in [0, 0.05) is 0 Å². The van der Waals surface area contributed by atoms with Crippen molar-refractivity contribution in [3.8, 4) is 0 Å². The fraction of sp³-hybridized carbons (Fsp3) is 1.00. The number of rotatable bonds is 26. The molecule has 0 bridgehead atoms. The average Bonchev–Trinajstić information content (AvgIpc) is 2.76. The Bertz CT molecular complexity index is 300. The first-order valence-electron chi connectivity index (χ1n) is 14.9. The predicted molar refractivity (Wildman–Crippen MR) is 144 cm³/mol. The van der Waals surface area contributed by atoms with Crippen LogP contribution in [0.4, 0.5) is 0 Å². The molecule has 0 aromatic rings. The molecule has 0 heterocycles. The molecule has 0 spiro atoms. The summed E-state index contributed by atoms with van der Waals surface area (Å²) in [5.41, 5.74) is 0. The standard InChI is InChI=1S/C30H63N/c1-5-7-9-23-27-31(28-24-10-8-6-2)29-25-21-19-17-15-13-11-12-14-16-18-20-22-26-30(3)4/h30H,5-29H2,1-4H3. The molecule has 0 unspecified atom stereocenters. The summed E-state index contributed by atoms with van der Waals surface area (Å²) in [5, 5.41) is 0. The number of hydrogen-bond acceptors (Lipinski definition) is 1. The topological polar surface area (TPSA) is 3.24 Å². The van der Waals surface area contributed by atoms with E-state index < -0.39 is 0 Å². The minimum atomic E-state index is 0.894. The van der Waals surface area contributed by atoms with Gasteiger partial charge in [-0.1, -0.05) is 150 Å². The zero-order chi connectivity index (χ0) is 22.8. The minimum Gasteiger partial charge on any atom is -0.303 e. The highest BCUT2D eigenvalue weighted by molar-refractivity contribution is 4.60. The molecule has 0 saturated carbocycles. The van der Waals surface area contributed by atoms with Gasteiger partial charge in [0.15, 0.2) is 0 Å². The maximum Gasteiger partial charge on any atom is -0.00187 e. The smallest absolute Gasteiger partial charge is 0.00187 e. The second kappa shape index (κ2) is 26.2. The van der Waals surface area contributed by atoms with Gasteiger partial charge in [-0.3, -0.25) is 0 Å². The van der Waals surface area contributed by atoms with Gasteiger partial charge in [0.1, 0.15) is 0 Å². The van der Waals surface area contributed by atoms with Gasteiger partial charge < -0.3 is 4.90 Å². The van der Waals surface area contributed by atoms with Gasteiger partial charge in [-0.2, -0.15) is 0 Å². The van der Waals surface area contributed by atoms with Crippen LogP contribution < -0.4 is 0 Å². The van der Waals surface area contributed by atoms with Crippen LogP contribution in [-0.4, -0.2) is 24.5 Å². The first-order chi connectivity index (χ1) is 15.2. The van der Waals surface area contributed by atoms with Crippen LogP contribution in [0.3, 0.4) is 0 Å². The third-order valence-corrected chi connectivity index (χ3v) is 6.91. The lowest BCUT2D eigenvalue weighted by atomic mass is 10.0. The SMILES string of the molecule is CCCCCCN(CCCCCC)CCCCCCCCCCCCCCCC(C)C. The normalized spacial score (nSPS) is 11.8. The number of unbranched alkanes of at least 4 members (excludes halogenated alkanes) is 18. The second-order valence-corrected chi connectivity index (χ2v) is 10.7. The highest BCUT2D eigenvalue weighted by atomic mass is 15.1. The molecule has 0 fully saturated rings. The van der Waals surface area contributed by atoms with Gasteiger partial charge in [0.05, 0.1) is 0 Å². The number of hydrogen-bond donors (Lipinski definition) is 0. The molecule has 0 rings (SSSR count). The quantitative estimate of drug-likeness (QED) is 0.122. The van der Waals surface area contributed by atoms with Crippen LogP contribution in [0.5, 0.6) is 0 Å². The Morgan fingerprint density at radius 2 is 0.677 bits per heavy atom. The van der Waals surface area contributed by atoms with E-state index in [1.165, 1.54) is 161 Å². The van der Waals surface area contributed by atoms with Crippen LogP contribution in [0.2, 0.25) is 0 Å². The summed E-state index contributed by atoms with van der Waals surface area (Å²) in [7, 11) is 0. The van der Waals surface area contributed by atoms with Crippen LogP contribution in [0.15, 0.2) is 0 Å². The summed E-state index contributed by atoms with van der Waals surface area (Å²) in [6.07, 6.45) is 31.8. The van der Waals surface area contributed by atoms with Crippen LogP contribution in [0.1, 0.15) is 169 Å². The molecule has 0 amide bonds. The molecule has 31 heavy (non-hydrogen) atoms. The van der Waals surface area contributed by atoms with E-state index in [0.717, 1.165) is 5.92 Å². The Balaban J connectivity index is 3.47. The highest BCUT2D eigenvalue weighted by Crippen LogP contribution is 2.15. The molecule has 0 aliphatic carbocycles. The fourth-order valence-electron chi connectivity index (χ4n) is 4.69. The van der Waals surface area contributed by atoms with E-state index in [0.29, 0.717) is 0 Å². The Labute approximate surface area is 199 Å². The van der Waals surface area contributed by atoms with Gasteiger partial charge in [-0.15, -0.1) is 0 Å². The van der Waals surface area contributed by atoms with Crippen molar-refractivity contribution in [1.29, 1.82) is 0 Å². The Kier molecular flexibility index (Phi) is 26.2. The van der Waals surface area contributed by atoms with E-state index in [9.17, 15) is 0 Å². The van der Waals surface area contributed by atoms with Crippen molar-refractivity contribution in [3.63, 3.8) is 0 Å². The molecular formula is C30H63N. The van der Waals surface area contributed by atoms with Crippen molar-refractivity contribution in [2.24, 2.45) is 5.92 Å². The molecule has 0 aromatic carbocycles. The second-order valence-electron chi connectivity index (χ2n) is 10.7. The summed E-state index contributed by atoms with van der Waals surface area (Å²) < 4.78 is 0. The summed E-state index contributed by atoms with van der Waals surface area (Å²) in [6, 6.07) is 0. The minimum absolute atomic E-state index is 0.894. The number of nitrogens with zero attached hydrogens (tertiary/aromatic N) is 1. The zero-order valence-corrected chi connectivity index (χ0v) is 22.7. The third kappa shape index (κ3) is 26.1. The van der Waals surface area contributed by atoms with E-state index >= 15 is 0 Å². The molecule has 0 saturated heterocycles. The van der Waals surface area contributed by atoms with Gasteiger partial charge >= 0.3 is 0 Å². The lowest BCUT2D eigenvalue weighted by molar-refractivity contribution is 0.254. The zero-order valence-electron chi connectivity index (χ0n) is 22.7. The van der Waals surface area contributed by atoms with Crippen molar-refractivity contribution in [2.45, 2.75) is 169 Å². The molecule has 0 radical (unpaired) electrons. The van der Waals surface area contributed by atoms with Crippen LogP contribution in [0.25, 0.3) is 0 Å². The average molecular weight is 438 g/mol. The van der Waals surface area contributed by atoms with Crippen molar-refractivity contribution in [2.75, 3.05) is 19.6 Å². The van der Waals surface area contributed by atoms with Gasteiger partial charge in [-0.25, -0.2) is 0 Å². The van der Waals surface area contributed by atoms with Crippen LogP contribution in [-0.2, 0) is 0 Å². The first-order valence-corrected chi connectivity index (χ1v) is 14.9. The largest absolute Gasteiger partial charge is 0.303 e. The first kappa shape index (κ1) is 31.0. The van der Waals surface area contributed by atoms with Gasteiger partial charge in [0.2, 0.25) is 0 Å². The van der Waals surface area contributed by atoms with Crippen molar-refractivity contribution in [1.82, 2.24) is 4.90 Å². The van der Waals surface area contributed by atoms with E-state index in [1.807, 2.05) is 0 Å². The highest BCUT2D eigenvalue weighted by Gasteiger charge is 2.04. The lowest BCUT2D eigenvalue weighted by Gasteiger charge is -2.22. The predicted octanol–water partition coefficient (Wildman–Crippen LogP) is 10.6. The lowest BCUT2D eigenvalue weighted by Crippen LogP contribution is -2.27. The third-order valence-electron chi connectivity index (χ3n) is 6.91. The summed E-state index contributed by atoms with van der Waals surface area (Å²) >= 11 is 0. The van der Waals surface area contributed by atoms with Crippen LogP contribution >= 0.6 is 0 Å². The summed E-state index contributed by atoms with van der Waals surface area (Å²) in [5.74, 6) is 0.894. The maximum atomic E-state index is 2.79. The molecule has 0 aliphatic rings. The molecule has 0 aromatic heterocycles. The van der Waals surface area contributed by atoms with Crippen molar-refractivity contribution >= 4 is 0 Å².